The minimum Gasteiger partial charge on any atom is -0.488 e. The van der Waals surface area contributed by atoms with Crippen LogP contribution in [0.1, 0.15) is 16.7 Å². The summed E-state index contributed by atoms with van der Waals surface area (Å²) >= 11 is 24.2. The van der Waals surface area contributed by atoms with E-state index in [9.17, 15) is 5.26 Å². The molecule has 0 aliphatic heterocycles. The topological polar surface area (TPSA) is 33.0 Å². The van der Waals surface area contributed by atoms with Gasteiger partial charge in [-0.3, -0.25) is 0 Å². The van der Waals surface area contributed by atoms with Crippen molar-refractivity contribution in [2.45, 2.75) is 6.61 Å². The highest BCUT2D eigenvalue weighted by Gasteiger charge is 2.09. The summed E-state index contributed by atoms with van der Waals surface area (Å²) in [6.45, 7) is 0.273. The highest BCUT2D eigenvalue weighted by molar-refractivity contribution is 6.42. The minimum atomic E-state index is 0.273. The van der Waals surface area contributed by atoms with Gasteiger partial charge in [-0.25, -0.2) is 0 Å². The Morgan fingerprint density at radius 2 is 1.68 bits per heavy atom. The first-order valence-electron chi connectivity index (χ1n) is 8.21. The fourth-order valence-electron chi connectivity index (χ4n) is 2.52. The standard InChI is InChI=1S/C22H13Cl4NO/c23-18-7-5-16(20(25)11-18)13-28-22-4-2-1-3-15(22)9-17(12-27)14-6-8-19(24)21(26)10-14/h1-11H,13H2/b17-9-. The Labute approximate surface area is 183 Å². The highest BCUT2D eigenvalue weighted by Crippen LogP contribution is 2.30. The normalized spacial score (nSPS) is 11.2. The molecule has 0 fully saturated rings. The monoisotopic (exact) mass is 447 g/mol. The number of hydrogen-bond acceptors (Lipinski definition) is 2. The number of para-hydroxylation sites is 1. The largest absolute Gasteiger partial charge is 0.488 e. The van der Waals surface area contributed by atoms with Gasteiger partial charge in [0.15, 0.2) is 0 Å². The molecule has 3 aromatic rings. The maximum absolute atomic E-state index is 9.60. The summed E-state index contributed by atoms with van der Waals surface area (Å²) in [5, 5.41) is 11.5. The first-order chi connectivity index (χ1) is 13.5. The van der Waals surface area contributed by atoms with E-state index in [1.54, 1.807) is 36.4 Å². The molecule has 0 saturated carbocycles. The SMILES string of the molecule is N#C/C(=C/c1ccccc1OCc1ccc(Cl)cc1Cl)c1ccc(Cl)c(Cl)c1. The van der Waals surface area contributed by atoms with Gasteiger partial charge in [0.05, 0.1) is 21.7 Å². The second kappa shape index (κ2) is 9.37. The van der Waals surface area contributed by atoms with E-state index in [1.807, 2.05) is 30.3 Å². The maximum atomic E-state index is 9.60. The molecule has 0 aliphatic carbocycles. The van der Waals surface area contributed by atoms with Crippen molar-refractivity contribution in [1.29, 1.82) is 5.26 Å². The molecule has 3 rings (SSSR count). The van der Waals surface area contributed by atoms with Crippen LogP contribution in [0.3, 0.4) is 0 Å². The van der Waals surface area contributed by atoms with Gasteiger partial charge in [-0.1, -0.05) is 76.7 Å². The summed E-state index contributed by atoms with van der Waals surface area (Å²) in [5.41, 5.74) is 2.69. The van der Waals surface area contributed by atoms with Gasteiger partial charge in [0, 0.05) is 21.2 Å². The van der Waals surface area contributed by atoms with E-state index in [-0.39, 0.29) is 6.61 Å². The van der Waals surface area contributed by atoms with Gasteiger partial charge in [-0.2, -0.15) is 5.26 Å². The van der Waals surface area contributed by atoms with Crippen LogP contribution in [-0.4, -0.2) is 0 Å². The first kappa shape index (κ1) is 20.6. The van der Waals surface area contributed by atoms with Crippen molar-refractivity contribution in [2.24, 2.45) is 0 Å². The molecule has 140 valence electrons. The summed E-state index contributed by atoms with van der Waals surface area (Å²) in [6.07, 6.45) is 1.75. The lowest BCUT2D eigenvalue weighted by atomic mass is 10.0. The van der Waals surface area contributed by atoms with Crippen LogP contribution in [0.2, 0.25) is 20.1 Å². The zero-order chi connectivity index (χ0) is 20.1. The maximum Gasteiger partial charge on any atom is 0.127 e. The third-order valence-electron chi connectivity index (χ3n) is 3.97. The molecule has 3 aromatic carbocycles. The van der Waals surface area contributed by atoms with Gasteiger partial charge >= 0.3 is 0 Å². The van der Waals surface area contributed by atoms with Crippen LogP contribution >= 0.6 is 46.4 Å². The Bertz CT molecular complexity index is 1090. The lowest BCUT2D eigenvalue weighted by molar-refractivity contribution is 0.305. The van der Waals surface area contributed by atoms with Crippen molar-refractivity contribution in [3.05, 3.63) is 97.4 Å². The molecule has 0 atom stereocenters. The van der Waals surface area contributed by atoms with Crippen LogP contribution in [0.25, 0.3) is 11.6 Å². The third-order valence-corrected chi connectivity index (χ3v) is 5.29. The molecule has 28 heavy (non-hydrogen) atoms. The van der Waals surface area contributed by atoms with Crippen LogP contribution in [0.15, 0.2) is 60.7 Å². The molecule has 0 heterocycles. The molecule has 0 amide bonds. The quantitative estimate of drug-likeness (QED) is 0.293. The van der Waals surface area contributed by atoms with Gasteiger partial charge in [-0.15, -0.1) is 0 Å². The van der Waals surface area contributed by atoms with Crippen LogP contribution in [0.5, 0.6) is 5.75 Å². The Morgan fingerprint density at radius 1 is 0.893 bits per heavy atom. The molecule has 0 N–H and O–H groups in total. The summed E-state index contributed by atoms with van der Waals surface area (Å²) < 4.78 is 5.94. The Hall–Kier alpha value is -2.15. The van der Waals surface area contributed by atoms with E-state index < -0.39 is 0 Å². The van der Waals surface area contributed by atoms with E-state index in [0.29, 0.717) is 37.0 Å². The third kappa shape index (κ3) is 5.01. The van der Waals surface area contributed by atoms with Gasteiger partial charge in [0.25, 0.3) is 0 Å². The van der Waals surface area contributed by atoms with Crippen molar-refractivity contribution >= 4 is 58.1 Å². The molecule has 0 aliphatic rings. The summed E-state index contributed by atoms with van der Waals surface area (Å²) in [4.78, 5) is 0. The van der Waals surface area contributed by atoms with Crippen molar-refractivity contribution in [3.63, 3.8) is 0 Å². The minimum absolute atomic E-state index is 0.273. The summed E-state index contributed by atoms with van der Waals surface area (Å²) in [7, 11) is 0. The predicted octanol–water partition coefficient (Wildman–Crippen LogP) is 7.94. The molecule has 6 heteroatoms. The lowest BCUT2D eigenvalue weighted by Crippen LogP contribution is -1.98. The molecule has 0 radical (unpaired) electrons. The molecule has 0 bridgehead atoms. The molecule has 0 spiro atoms. The van der Waals surface area contributed by atoms with Crippen molar-refractivity contribution in [3.8, 4) is 11.8 Å². The molecular formula is C22H13Cl4NO. The summed E-state index contributed by atoms with van der Waals surface area (Å²) in [6, 6.07) is 20.0. The molecule has 2 nitrogen and oxygen atoms in total. The average molecular weight is 449 g/mol. The van der Waals surface area contributed by atoms with Gasteiger partial charge in [0.2, 0.25) is 0 Å². The number of rotatable bonds is 5. The van der Waals surface area contributed by atoms with E-state index in [0.717, 1.165) is 11.1 Å². The van der Waals surface area contributed by atoms with Crippen LogP contribution in [-0.2, 0) is 6.61 Å². The number of nitriles is 1. The van der Waals surface area contributed by atoms with Crippen LogP contribution in [0, 0.1) is 11.3 Å². The number of ether oxygens (including phenoxy) is 1. The predicted molar refractivity (Wildman–Crippen MR) is 117 cm³/mol. The smallest absolute Gasteiger partial charge is 0.127 e. The fraction of sp³-hybridized carbons (Fsp3) is 0.0455. The van der Waals surface area contributed by atoms with E-state index in [4.69, 9.17) is 51.1 Å². The number of halogens is 4. The zero-order valence-corrected chi connectivity index (χ0v) is 17.4. The zero-order valence-electron chi connectivity index (χ0n) is 14.4. The van der Waals surface area contributed by atoms with Gasteiger partial charge < -0.3 is 4.74 Å². The summed E-state index contributed by atoms with van der Waals surface area (Å²) in [5.74, 6) is 0.626. The highest BCUT2D eigenvalue weighted by atomic mass is 35.5. The number of hydrogen-bond donors (Lipinski definition) is 0. The number of nitrogens with zero attached hydrogens (tertiary/aromatic N) is 1. The van der Waals surface area contributed by atoms with E-state index in [1.165, 1.54) is 0 Å². The number of allylic oxidation sites excluding steroid dienone is 1. The van der Waals surface area contributed by atoms with Crippen molar-refractivity contribution in [1.82, 2.24) is 0 Å². The average Bonchev–Trinajstić information content (AvgIpc) is 2.68. The first-order valence-corrected chi connectivity index (χ1v) is 9.72. The fourth-order valence-corrected chi connectivity index (χ4v) is 3.29. The Balaban J connectivity index is 1.89. The number of benzene rings is 3. The molecular weight excluding hydrogens is 436 g/mol. The lowest BCUT2D eigenvalue weighted by Gasteiger charge is -2.11. The molecule has 0 saturated heterocycles. The van der Waals surface area contributed by atoms with Crippen LogP contribution < -0.4 is 4.74 Å². The molecule has 0 aromatic heterocycles. The second-order valence-electron chi connectivity index (χ2n) is 5.86. The molecule has 0 unspecified atom stereocenters. The van der Waals surface area contributed by atoms with Crippen molar-refractivity contribution < 1.29 is 4.74 Å². The van der Waals surface area contributed by atoms with E-state index in [2.05, 4.69) is 6.07 Å². The Kier molecular flexibility index (Phi) is 6.88. The Morgan fingerprint density at radius 3 is 2.39 bits per heavy atom. The van der Waals surface area contributed by atoms with Crippen molar-refractivity contribution in [2.75, 3.05) is 0 Å². The second-order valence-corrected chi connectivity index (χ2v) is 7.52. The van der Waals surface area contributed by atoms with Crippen LogP contribution in [0.4, 0.5) is 0 Å². The van der Waals surface area contributed by atoms with E-state index >= 15 is 0 Å². The van der Waals surface area contributed by atoms with Gasteiger partial charge in [0.1, 0.15) is 12.4 Å². The van der Waals surface area contributed by atoms with Gasteiger partial charge in [-0.05, 0) is 42.0 Å².